The molecule has 21 heavy (non-hydrogen) atoms. The second-order valence-corrected chi connectivity index (χ2v) is 4.67. The van der Waals surface area contributed by atoms with Crippen molar-refractivity contribution in [2.45, 2.75) is 6.18 Å². The van der Waals surface area contributed by atoms with Crippen molar-refractivity contribution in [3.63, 3.8) is 0 Å². The summed E-state index contributed by atoms with van der Waals surface area (Å²) in [6, 6.07) is 6.73. The number of aromatic hydroxyl groups is 1. The molecule has 7 heteroatoms. The van der Waals surface area contributed by atoms with E-state index in [-0.39, 0.29) is 21.7 Å². The average molecular weight is 316 g/mol. The van der Waals surface area contributed by atoms with Crippen molar-refractivity contribution < 1.29 is 23.1 Å². The zero-order chi connectivity index (χ0) is 15.8. The number of alkyl halides is 3. The highest BCUT2D eigenvalue weighted by Gasteiger charge is 2.31. The molecule has 2 aromatic carbocycles. The standard InChI is InChI=1S/C14H9ClF3NO2/c15-11-5-4-7(14(16,17)18)6-10(11)8-2-1-3-9(12(8)20)13(19)21/h1-6,20H,(H2,19,21). The molecule has 0 aliphatic heterocycles. The topological polar surface area (TPSA) is 63.3 Å². The Labute approximate surface area is 122 Å². The summed E-state index contributed by atoms with van der Waals surface area (Å²) in [5.74, 6) is -1.40. The molecule has 0 unspecified atom stereocenters. The van der Waals surface area contributed by atoms with Gasteiger partial charge in [0.1, 0.15) is 5.75 Å². The molecule has 2 rings (SSSR count). The lowest BCUT2D eigenvalue weighted by molar-refractivity contribution is -0.137. The van der Waals surface area contributed by atoms with Crippen LogP contribution >= 0.6 is 11.6 Å². The largest absolute Gasteiger partial charge is 0.506 e. The zero-order valence-corrected chi connectivity index (χ0v) is 11.2. The number of phenols is 1. The third-order valence-corrected chi connectivity index (χ3v) is 3.21. The van der Waals surface area contributed by atoms with E-state index in [2.05, 4.69) is 0 Å². The van der Waals surface area contributed by atoms with Gasteiger partial charge in [-0.25, -0.2) is 0 Å². The van der Waals surface area contributed by atoms with Crippen LogP contribution in [0.2, 0.25) is 5.02 Å². The van der Waals surface area contributed by atoms with Crippen LogP contribution in [0, 0.1) is 0 Å². The van der Waals surface area contributed by atoms with E-state index in [1.807, 2.05) is 0 Å². The summed E-state index contributed by atoms with van der Waals surface area (Å²) in [5.41, 5.74) is 3.95. The van der Waals surface area contributed by atoms with E-state index in [9.17, 15) is 23.1 Å². The van der Waals surface area contributed by atoms with E-state index in [0.717, 1.165) is 18.2 Å². The highest BCUT2D eigenvalue weighted by molar-refractivity contribution is 6.33. The number of carbonyl (C=O) groups excluding carboxylic acids is 1. The highest BCUT2D eigenvalue weighted by Crippen LogP contribution is 2.39. The molecule has 0 aliphatic rings. The number of rotatable bonds is 2. The molecule has 0 fully saturated rings. The fourth-order valence-electron chi connectivity index (χ4n) is 1.87. The van der Waals surface area contributed by atoms with E-state index in [1.165, 1.54) is 18.2 Å². The Morgan fingerprint density at radius 3 is 2.38 bits per heavy atom. The number of halogens is 4. The smallest absolute Gasteiger partial charge is 0.416 e. The minimum Gasteiger partial charge on any atom is -0.506 e. The number of amides is 1. The van der Waals surface area contributed by atoms with Crippen molar-refractivity contribution in [3.8, 4) is 16.9 Å². The van der Waals surface area contributed by atoms with E-state index >= 15 is 0 Å². The van der Waals surface area contributed by atoms with Gasteiger partial charge in [0.05, 0.1) is 11.1 Å². The molecule has 3 N–H and O–H groups in total. The fourth-order valence-corrected chi connectivity index (χ4v) is 2.09. The van der Waals surface area contributed by atoms with Crippen LogP contribution in [-0.4, -0.2) is 11.0 Å². The summed E-state index contributed by atoms with van der Waals surface area (Å²) in [6.45, 7) is 0. The lowest BCUT2D eigenvalue weighted by Gasteiger charge is -2.13. The van der Waals surface area contributed by atoms with E-state index in [1.54, 1.807) is 0 Å². The predicted molar refractivity (Wildman–Crippen MR) is 72.1 cm³/mol. The number of para-hydroxylation sites is 1. The molecule has 3 nitrogen and oxygen atoms in total. The molecule has 0 saturated heterocycles. The number of benzene rings is 2. The maximum absolute atomic E-state index is 12.7. The van der Waals surface area contributed by atoms with E-state index < -0.39 is 23.4 Å². The first-order valence-electron chi connectivity index (χ1n) is 5.70. The molecular formula is C14H9ClF3NO2. The first-order valence-corrected chi connectivity index (χ1v) is 6.08. The minimum atomic E-state index is -4.55. The highest BCUT2D eigenvalue weighted by atomic mass is 35.5. The lowest BCUT2D eigenvalue weighted by Crippen LogP contribution is -2.11. The first kappa shape index (κ1) is 15.2. The van der Waals surface area contributed by atoms with Crippen molar-refractivity contribution >= 4 is 17.5 Å². The zero-order valence-electron chi connectivity index (χ0n) is 10.4. The van der Waals surface area contributed by atoms with Gasteiger partial charge in [0, 0.05) is 16.1 Å². The SMILES string of the molecule is NC(=O)c1cccc(-c2cc(C(F)(F)F)ccc2Cl)c1O. The Bertz CT molecular complexity index is 714. The summed E-state index contributed by atoms with van der Waals surface area (Å²) in [5, 5.41) is 10.0. The van der Waals surface area contributed by atoms with Crippen LogP contribution in [0.5, 0.6) is 5.75 Å². The van der Waals surface area contributed by atoms with Crippen LogP contribution in [0.25, 0.3) is 11.1 Å². The molecule has 0 aromatic heterocycles. The second kappa shape index (κ2) is 5.29. The summed E-state index contributed by atoms with van der Waals surface area (Å²) >= 11 is 5.89. The Kier molecular flexibility index (Phi) is 3.82. The van der Waals surface area contributed by atoms with Gasteiger partial charge in [0.15, 0.2) is 0 Å². The third kappa shape index (κ3) is 2.95. The quantitative estimate of drug-likeness (QED) is 0.884. The van der Waals surface area contributed by atoms with Crippen LogP contribution < -0.4 is 5.73 Å². The lowest BCUT2D eigenvalue weighted by atomic mass is 9.99. The molecule has 110 valence electrons. The van der Waals surface area contributed by atoms with Crippen LogP contribution in [0.4, 0.5) is 13.2 Å². The third-order valence-electron chi connectivity index (χ3n) is 2.89. The van der Waals surface area contributed by atoms with Crippen molar-refractivity contribution in [1.82, 2.24) is 0 Å². The Morgan fingerprint density at radius 1 is 1.14 bits per heavy atom. The summed E-state index contributed by atoms with van der Waals surface area (Å²) in [4.78, 5) is 11.2. The monoisotopic (exact) mass is 315 g/mol. The molecule has 0 heterocycles. The van der Waals surface area contributed by atoms with Gasteiger partial charge < -0.3 is 10.8 Å². The van der Waals surface area contributed by atoms with Crippen LogP contribution in [0.3, 0.4) is 0 Å². The second-order valence-electron chi connectivity index (χ2n) is 4.26. The van der Waals surface area contributed by atoms with Crippen LogP contribution in [0.1, 0.15) is 15.9 Å². The van der Waals surface area contributed by atoms with Gasteiger partial charge in [0.2, 0.25) is 0 Å². The number of hydrogen-bond acceptors (Lipinski definition) is 2. The van der Waals surface area contributed by atoms with E-state index in [4.69, 9.17) is 17.3 Å². The van der Waals surface area contributed by atoms with Gasteiger partial charge in [-0.05, 0) is 24.3 Å². The Hall–Kier alpha value is -2.21. The summed E-state index contributed by atoms with van der Waals surface area (Å²) in [7, 11) is 0. The predicted octanol–water partition coefficient (Wildman–Crippen LogP) is 3.83. The average Bonchev–Trinajstić information content (AvgIpc) is 2.38. The fraction of sp³-hybridized carbons (Fsp3) is 0.0714. The molecule has 0 radical (unpaired) electrons. The number of primary amides is 1. The minimum absolute atomic E-state index is 0.00222. The molecule has 0 saturated carbocycles. The van der Waals surface area contributed by atoms with Crippen LogP contribution in [0.15, 0.2) is 36.4 Å². The molecule has 0 aliphatic carbocycles. The first-order chi connectivity index (χ1) is 9.71. The Morgan fingerprint density at radius 2 is 1.81 bits per heavy atom. The summed E-state index contributed by atoms with van der Waals surface area (Å²) < 4.78 is 38.2. The van der Waals surface area contributed by atoms with Gasteiger partial charge in [-0.15, -0.1) is 0 Å². The molecule has 0 spiro atoms. The number of nitrogens with two attached hydrogens (primary N) is 1. The van der Waals surface area contributed by atoms with Crippen LogP contribution in [-0.2, 0) is 6.18 Å². The summed E-state index contributed by atoms with van der Waals surface area (Å²) in [6.07, 6.45) is -4.55. The maximum atomic E-state index is 12.7. The number of carbonyl (C=O) groups is 1. The van der Waals surface area contributed by atoms with Crippen molar-refractivity contribution in [1.29, 1.82) is 0 Å². The maximum Gasteiger partial charge on any atom is 0.416 e. The number of hydrogen-bond donors (Lipinski definition) is 2. The van der Waals surface area contributed by atoms with E-state index in [0.29, 0.717) is 0 Å². The molecule has 0 bridgehead atoms. The van der Waals surface area contributed by atoms with Gasteiger partial charge in [0.25, 0.3) is 5.91 Å². The van der Waals surface area contributed by atoms with Crippen molar-refractivity contribution in [2.24, 2.45) is 5.73 Å². The van der Waals surface area contributed by atoms with Gasteiger partial charge in [-0.1, -0.05) is 23.7 Å². The molecular weight excluding hydrogens is 307 g/mol. The molecule has 1 amide bonds. The molecule has 2 aromatic rings. The van der Waals surface area contributed by atoms with Crippen molar-refractivity contribution in [2.75, 3.05) is 0 Å². The molecule has 0 atom stereocenters. The van der Waals surface area contributed by atoms with Gasteiger partial charge >= 0.3 is 6.18 Å². The van der Waals surface area contributed by atoms with Crippen molar-refractivity contribution in [3.05, 3.63) is 52.5 Å². The normalized spacial score (nSPS) is 11.4. The van der Waals surface area contributed by atoms with Gasteiger partial charge in [-0.2, -0.15) is 13.2 Å². The Balaban J connectivity index is 2.67. The van der Waals surface area contributed by atoms with Gasteiger partial charge in [-0.3, -0.25) is 4.79 Å².